The highest BCUT2D eigenvalue weighted by atomic mass is 19.4. The Kier molecular flexibility index (Phi) is 2.11. The molecule has 0 fully saturated rings. The minimum absolute atomic E-state index is 0.111. The van der Waals surface area contributed by atoms with Gasteiger partial charge in [0.05, 0.1) is 5.92 Å². The van der Waals surface area contributed by atoms with Crippen LogP contribution in [0.25, 0.3) is 0 Å². The fourth-order valence-electron chi connectivity index (χ4n) is 0.928. The Labute approximate surface area is 64.2 Å². The van der Waals surface area contributed by atoms with Gasteiger partial charge in [-0.25, -0.2) is 0 Å². The number of hydrogen-bond donors (Lipinski definition) is 0. The summed E-state index contributed by atoms with van der Waals surface area (Å²) in [7, 11) is 5.23. The van der Waals surface area contributed by atoms with Crippen molar-refractivity contribution in [3.63, 3.8) is 0 Å². The highest BCUT2D eigenvalue weighted by molar-refractivity contribution is 6.21. The molecule has 0 spiro atoms. The van der Waals surface area contributed by atoms with E-state index >= 15 is 0 Å². The van der Waals surface area contributed by atoms with Crippen molar-refractivity contribution in [3.8, 4) is 0 Å². The molecule has 0 unspecified atom stereocenters. The third kappa shape index (κ3) is 2.14. The fraction of sp³-hybridized carbons (Fsp3) is 0.429. The molecule has 0 aromatic heterocycles. The topological polar surface area (TPSA) is 0 Å². The highest BCUT2D eigenvalue weighted by Crippen LogP contribution is 2.33. The van der Waals surface area contributed by atoms with E-state index in [-0.39, 0.29) is 11.9 Å². The first-order chi connectivity index (χ1) is 5.00. The molecule has 1 aliphatic rings. The second kappa shape index (κ2) is 2.76. The van der Waals surface area contributed by atoms with Gasteiger partial charge in [-0.2, -0.15) is 13.2 Å². The van der Waals surface area contributed by atoms with E-state index in [1.165, 1.54) is 12.2 Å². The lowest BCUT2D eigenvalue weighted by Gasteiger charge is -2.19. The maximum atomic E-state index is 12.0. The lowest BCUT2D eigenvalue weighted by Crippen LogP contribution is -2.22. The van der Waals surface area contributed by atoms with Crippen molar-refractivity contribution >= 4 is 7.85 Å². The molecule has 58 valence electrons. The molecule has 1 rings (SSSR count). The Bertz CT molecular complexity index is 202. The van der Waals surface area contributed by atoms with Crippen LogP contribution in [0, 0.1) is 5.92 Å². The van der Waals surface area contributed by atoms with Crippen molar-refractivity contribution in [2.75, 3.05) is 0 Å². The van der Waals surface area contributed by atoms with E-state index in [2.05, 4.69) is 0 Å². The molecular weight excluding hydrogens is 152 g/mol. The van der Waals surface area contributed by atoms with Crippen LogP contribution in [0.5, 0.6) is 0 Å². The molecule has 0 heterocycles. The molecule has 0 aromatic carbocycles. The summed E-state index contributed by atoms with van der Waals surface area (Å²) in [6.07, 6.45) is -0.315. The predicted octanol–water partition coefficient (Wildman–Crippen LogP) is 2.18. The third-order valence-electron chi connectivity index (χ3n) is 1.53. The Balaban J connectivity index is 2.67. The van der Waals surface area contributed by atoms with Crippen LogP contribution in [-0.2, 0) is 0 Å². The monoisotopic (exact) mass is 158 g/mol. The molecule has 0 N–H and O–H groups in total. The normalized spacial score (nSPS) is 25.0. The number of halogens is 3. The second-order valence-corrected chi connectivity index (χ2v) is 2.48. The zero-order chi connectivity index (χ0) is 8.48. The summed E-state index contributed by atoms with van der Waals surface area (Å²) in [6.45, 7) is 0. The summed E-state index contributed by atoms with van der Waals surface area (Å²) in [5.41, 5.74) is 0.287. The van der Waals surface area contributed by atoms with Gasteiger partial charge in [-0.15, -0.1) is 5.47 Å². The molecular formula is C7H6BF3. The summed E-state index contributed by atoms with van der Waals surface area (Å²) in [5.74, 6) is -1.40. The molecule has 0 saturated heterocycles. The van der Waals surface area contributed by atoms with Crippen LogP contribution in [0.2, 0.25) is 0 Å². The molecule has 0 saturated carbocycles. The van der Waals surface area contributed by atoms with Gasteiger partial charge in [0.15, 0.2) is 0 Å². The molecule has 0 aliphatic heterocycles. The molecule has 1 aliphatic carbocycles. The van der Waals surface area contributed by atoms with Crippen molar-refractivity contribution in [1.82, 2.24) is 0 Å². The summed E-state index contributed by atoms with van der Waals surface area (Å²) in [6, 6.07) is 0. The summed E-state index contributed by atoms with van der Waals surface area (Å²) in [4.78, 5) is 0. The maximum absolute atomic E-state index is 12.0. The maximum Gasteiger partial charge on any atom is 0.395 e. The van der Waals surface area contributed by atoms with Crippen LogP contribution in [0.1, 0.15) is 6.42 Å². The second-order valence-electron chi connectivity index (χ2n) is 2.48. The van der Waals surface area contributed by atoms with Gasteiger partial charge in [0.25, 0.3) is 0 Å². The lowest BCUT2D eigenvalue weighted by molar-refractivity contribution is -0.160. The van der Waals surface area contributed by atoms with Crippen LogP contribution in [0.3, 0.4) is 0 Å². The Morgan fingerprint density at radius 2 is 2.09 bits per heavy atom. The average molecular weight is 158 g/mol. The number of hydrogen-bond acceptors (Lipinski definition) is 0. The summed E-state index contributed by atoms with van der Waals surface area (Å²) < 4.78 is 35.9. The Morgan fingerprint density at radius 3 is 2.45 bits per heavy atom. The van der Waals surface area contributed by atoms with Gasteiger partial charge in [-0.3, -0.25) is 0 Å². The van der Waals surface area contributed by atoms with Crippen molar-refractivity contribution in [1.29, 1.82) is 0 Å². The van der Waals surface area contributed by atoms with Crippen LogP contribution in [0.15, 0.2) is 23.7 Å². The Hall–Kier alpha value is -0.665. The fourth-order valence-corrected chi connectivity index (χ4v) is 0.928. The molecule has 1 atom stereocenters. The quantitative estimate of drug-likeness (QED) is 0.474. The van der Waals surface area contributed by atoms with Crippen LogP contribution >= 0.6 is 0 Å². The minimum Gasteiger partial charge on any atom is -0.170 e. The van der Waals surface area contributed by atoms with Gasteiger partial charge in [-0.05, 0) is 6.42 Å². The van der Waals surface area contributed by atoms with Crippen molar-refractivity contribution in [2.45, 2.75) is 12.6 Å². The van der Waals surface area contributed by atoms with Gasteiger partial charge in [-0.1, -0.05) is 18.2 Å². The van der Waals surface area contributed by atoms with E-state index in [1.807, 2.05) is 0 Å². The van der Waals surface area contributed by atoms with Gasteiger partial charge < -0.3 is 0 Å². The largest absolute Gasteiger partial charge is 0.395 e. The average Bonchev–Trinajstić information content (AvgIpc) is 1.86. The molecule has 4 heteroatoms. The predicted molar refractivity (Wildman–Crippen MR) is 37.1 cm³/mol. The molecule has 2 radical (unpaired) electrons. The van der Waals surface area contributed by atoms with Crippen LogP contribution in [-0.4, -0.2) is 14.0 Å². The molecule has 0 bridgehead atoms. The lowest BCUT2D eigenvalue weighted by atomic mass is 9.83. The van der Waals surface area contributed by atoms with Gasteiger partial charge in [0.2, 0.25) is 0 Å². The van der Waals surface area contributed by atoms with Crippen molar-refractivity contribution in [3.05, 3.63) is 23.7 Å². The first kappa shape index (κ1) is 8.43. The van der Waals surface area contributed by atoms with E-state index in [1.54, 1.807) is 0 Å². The summed E-state index contributed by atoms with van der Waals surface area (Å²) >= 11 is 0. The van der Waals surface area contributed by atoms with Gasteiger partial charge >= 0.3 is 6.18 Å². The van der Waals surface area contributed by atoms with Gasteiger partial charge in [0, 0.05) is 0 Å². The minimum atomic E-state index is -4.16. The SMILES string of the molecule is [B]C1=CC=C[C@H](C(F)(F)F)C1. The van der Waals surface area contributed by atoms with Crippen LogP contribution in [0.4, 0.5) is 13.2 Å². The first-order valence-corrected chi connectivity index (χ1v) is 3.19. The van der Waals surface area contributed by atoms with Crippen molar-refractivity contribution < 1.29 is 13.2 Å². The summed E-state index contributed by atoms with van der Waals surface area (Å²) in [5, 5.41) is 0. The van der Waals surface area contributed by atoms with E-state index in [0.717, 1.165) is 6.08 Å². The zero-order valence-corrected chi connectivity index (χ0v) is 5.73. The molecule has 0 nitrogen and oxygen atoms in total. The molecule has 11 heavy (non-hydrogen) atoms. The van der Waals surface area contributed by atoms with Crippen molar-refractivity contribution in [2.24, 2.45) is 5.92 Å². The number of rotatable bonds is 0. The third-order valence-corrected chi connectivity index (χ3v) is 1.53. The Morgan fingerprint density at radius 1 is 1.45 bits per heavy atom. The molecule has 0 amide bonds. The van der Waals surface area contributed by atoms with E-state index in [9.17, 15) is 13.2 Å². The van der Waals surface area contributed by atoms with E-state index < -0.39 is 12.1 Å². The smallest absolute Gasteiger partial charge is 0.170 e. The van der Waals surface area contributed by atoms with E-state index in [4.69, 9.17) is 7.85 Å². The van der Waals surface area contributed by atoms with Crippen LogP contribution < -0.4 is 0 Å². The standard InChI is InChI=1S/C7H6BF3/c8-6-3-1-2-5(4-6)7(9,10)11/h1-3,5H,4H2/t5-/m0/s1. The number of allylic oxidation sites excluding steroid dienone is 4. The molecule has 0 aromatic rings. The highest BCUT2D eigenvalue weighted by Gasteiger charge is 2.37. The van der Waals surface area contributed by atoms with Gasteiger partial charge in [0.1, 0.15) is 7.85 Å². The first-order valence-electron chi connectivity index (χ1n) is 3.19. The zero-order valence-electron chi connectivity index (χ0n) is 5.73. The number of alkyl halides is 3. The van der Waals surface area contributed by atoms with E-state index in [0.29, 0.717) is 0 Å².